The molecule has 0 bridgehead atoms. The summed E-state index contributed by atoms with van der Waals surface area (Å²) < 4.78 is 0. The first-order valence-corrected chi connectivity index (χ1v) is 5.98. The van der Waals surface area contributed by atoms with Gasteiger partial charge in [0.05, 0.1) is 12.5 Å². The summed E-state index contributed by atoms with van der Waals surface area (Å²) in [6.07, 6.45) is -0.0175. The zero-order chi connectivity index (χ0) is 13.4. The summed E-state index contributed by atoms with van der Waals surface area (Å²) in [5, 5.41) is 27.9. The molecule has 0 atom stereocenters. The van der Waals surface area contributed by atoms with Gasteiger partial charge in [-0.15, -0.1) is 0 Å². The van der Waals surface area contributed by atoms with E-state index in [1.807, 2.05) is 11.5 Å². The van der Waals surface area contributed by atoms with Crippen molar-refractivity contribution >= 4 is 23.4 Å². The number of anilines is 1. The Kier molecular flexibility index (Phi) is 5.56. The Hall–Kier alpha value is -2.18. The van der Waals surface area contributed by atoms with E-state index in [9.17, 15) is 4.79 Å². The second-order valence-corrected chi connectivity index (χ2v) is 4.27. The third-order valence-electron chi connectivity index (χ3n) is 2.22. The van der Waals surface area contributed by atoms with E-state index >= 15 is 0 Å². The van der Waals surface area contributed by atoms with Crippen LogP contribution in [0, 0.1) is 22.0 Å². The highest BCUT2D eigenvalue weighted by Gasteiger charge is 2.08. The zero-order valence-corrected chi connectivity index (χ0v) is 10.4. The van der Waals surface area contributed by atoms with Gasteiger partial charge in [0, 0.05) is 17.1 Å². The molecule has 0 aliphatic carbocycles. The molecule has 0 spiro atoms. The van der Waals surface area contributed by atoms with E-state index in [1.54, 1.807) is 29.2 Å². The van der Waals surface area contributed by atoms with E-state index in [2.05, 4.69) is 0 Å². The van der Waals surface area contributed by atoms with Crippen LogP contribution in [0.15, 0.2) is 29.2 Å². The van der Waals surface area contributed by atoms with E-state index in [0.29, 0.717) is 0 Å². The average molecular weight is 261 g/mol. The Morgan fingerprint density at radius 1 is 1.33 bits per heavy atom. The number of rotatable bonds is 6. The zero-order valence-electron chi connectivity index (χ0n) is 9.54. The number of nitrogens with zero attached hydrogens (tertiary/aromatic N) is 3. The fourth-order valence-corrected chi connectivity index (χ4v) is 1.77. The van der Waals surface area contributed by atoms with Crippen molar-refractivity contribution in [2.24, 2.45) is 0 Å². The van der Waals surface area contributed by atoms with Gasteiger partial charge in [0.15, 0.2) is 0 Å². The van der Waals surface area contributed by atoms with Crippen molar-refractivity contribution < 1.29 is 9.90 Å². The summed E-state index contributed by atoms with van der Waals surface area (Å²) in [7, 11) is 0. The van der Waals surface area contributed by atoms with E-state index in [-0.39, 0.29) is 19.5 Å². The van der Waals surface area contributed by atoms with Gasteiger partial charge < -0.3 is 10.0 Å². The highest BCUT2D eigenvalue weighted by atomic mass is 32.2. The molecule has 0 saturated heterocycles. The Bertz CT molecular complexity index is 488. The lowest BCUT2D eigenvalue weighted by atomic mass is 10.2. The second kappa shape index (κ2) is 7.21. The number of hydrogen-bond acceptors (Lipinski definition) is 5. The summed E-state index contributed by atoms with van der Waals surface area (Å²) in [5.41, 5.74) is 0.778. The molecular weight excluding hydrogens is 250 g/mol. The number of nitriles is 2. The number of aliphatic carboxylic acids is 1. The lowest BCUT2D eigenvalue weighted by Crippen LogP contribution is -2.26. The number of hydrogen-bond donors (Lipinski definition) is 1. The molecule has 0 unspecified atom stereocenters. The van der Waals surface area contributed by atoms with Crippen LogP contribution in [0.25, 0.3) is 0 Å². The predicted octanol–water partition coefficient (Wildman–Crippen LogP) is 2.06. The highest BCUT2D eigenvalue weighted by Crippen LogP contribution is 2.21. The van der Waals surface area contributed by atoms with Crippen molar-refractivity contribution in [1.29, 1.82) is 10.5 Å². The van der Waals surface area contributed by atoms with Gasteiger partial charge in [-0.3, -0.25) is 4.79 Å². The molecule has 5 nitrogen and oxygen atoms in total. The van der Waals surface area contributed by atoms with Crippen molar-refractivity contribution in [2.75, 3.05) is 18.0 Å². The van der Waals surface area contributed by atoms with Crippen LogP contribution in [0.2, 0.25) is 0 Å². The first kappa shape index (κ1) is 13.9. The number of carboxylic acid groups (broad SMARTS) is 1. The molecule has 1 aromatic rings. The first-order chi connectivity index (χ1) is 8.67. The normalized spacial score (nSPS) is 9.22. The number of thioether (sulfide) groups is 1. The molecule has 92 valence electrons. The van der Waals surface area contributed by atoms with Gasteiger partial charge >= 0.3 is 5.97 Å². The molecule has 1 rings (SSSR count). The molecule has 0 amide bonds. The molecular formula is C12H11N3O2S. The van der Waals surface area contributed by atoms with Gasteiger partial charge in [0.2, 0.25) is 0 Å². The van der Waals surface area contributed by atoms with Gasteiger partial charge in [-0.05, 0) is 36.0 Å². The van der Waals surface area contributed by atoms with Crippen molar-refractivity contribution in [2.45, 2.75) is 11.3 Å². The fourth-order valence-electron chi connectivity index (χ4n) is 1.39. The molecule has 6 heteroatoms. The van der Waals surface area contributed by atoms with Crippen LogP contribution >= 0.6 is 11.8 Å². The summed E-state index contributed by atoms with van der Waals surface area (Å²) in [5.74, 6) is -0.894. The second-order valence-electron chi connectivity index (χ2n) is 3.41. The van der Waals surface area contributed by atoms with Crippen molar-refractivity contribution in [3.63, 3.8) is 0 Å². The number of carboxylic acids is 1. The van der Waals surface area contributed by atoms with Gasteiger partial charge in [0.1, 0.15) is 11.9 Å². The van der Waals surface area contributed by atoms with Crippen molar-refractivity contribution in [1.82, 2.24) is 0 Å². The predicted molar refractivity (Wildman–Crippen MR) is 68.0 cm³/mol. The largest absolute Gasteiger partial charge is 0.481 e. The lowest BCUT2D eigenvalue weighted by molar-refractivity contribution is -0.136. The third-order valence-corrected chi connectivity index (χ3v) is 2.82. The quantitative estimate of drug-likeness (QED) is 0.479. The van der Waals surface area contributed by atoms with Crippen LogP contribution in [0.5, 0.6) is 0 Å². The Morgan fingerprint density at radius 2 is 2.00 bits per heavy atom. The van der Waals surface area contributed by atoms with Crippen molar-refractivity contribution in [3.05, 3.63) is 24.3 Å². The molecule has 0 aliphatic rings. The average Bonchev–Trinajstić information content (AvgIpc) is 2.36. The van der Waals surface area contributed by atoms with Crippen LogP contribution in [-0.2, 0) is 4.79 Å². The van der Waals surface area contributed by atoms with Gasteiger partial charge in [-0.2, -0.15) is 10.5 Å². The Labute approximate surface area is 109 Å². The smallest absolute Gasteiger partial charge is 0.305 e. The van der Waals surface area contributed by atoms with Gasteiger partial charge in [-0.1, -0.05) is 0 Å². The SMILES string of the molecule is N#CCN(CCC(=O)O)c1ccc(SC#N)cc1. The monoisotopic (exact) mass is 261 g/mol. The third kappa shape index (κ3) is 4.36. The van der Waals surface area contributed by atoms with E-state index < -0.39 is 5.97 Å². The molecule has 0 aromatic heterocycles. The van der Waals surface area contributed by atoms with Crippen LogP contribution in [0.3, 0.4) is 0 Å². The minimum Gasteiger partial charge on any atom is -0.481 e. The molecule has 0 heterocycles. The van der Waals surface area contributed by atoms with E-state index in [1.165, 1.54) is 0 Å². The standard InChI is InChI=1S/C12H11N3O2S/c13-6-8-15(7-5-12(16)17)10-1-3-11(4-2-10)18-9-14/h1-4H,5,7-8H2,(H,16,17). The summed E-state index contributed by atoms with van der Waals surface area (Å²) in [4.78, 5) is 13.0. The summed E-state index contributed by atoms with van der Waals surface area (Å²) in [6, 6.07) is 9.10. The van der Waals surface area contributed by atoms with Gasteiger partial charge in [0.25, 0.3) is 0 Å². The van der Waals surface area contributed by atoms with Gasteiger partial charge in [-0.25, -0.2) is 0 Å². The number of benzene rings is 1. The molecule has 1 N–H and O–H groups in total. The lowest BCUT2D eigenvalue weighted by Gasteiger charge is -2.20. The molecule has 18 heavy (non-hydrogen) atoms. The maximum atomic E-state index is 10.5. The maximum absolute atomic E-state index is 10.5. The van der Waals surface area contributed by atoms with Crippen LogP contribution in [-0.4, -0.2) is 24.2 Å². The summed E-state index contributed by atoms with van der Waals surface area (Å²) >= 11 is 1.06. The summed E-state index contributed by atoms with van der Waals surface area (Å²) in [6.45, 7) is 0.422. The van der Waals surface area contributed by atoms with Crippen LogP contribution in [0.1, 0.15) is 6.42 Å². The maximum Gasteiger partial charge on any atom is 0.305 e. The molecule has 0 radical (unpaired) electrons. The minimum absolute atomic E-state index is 0.0175. The molecule has 0 saturated carbocycles. The van der Waals surface area contributed by atoms with E-state index in [4.69, 9.17) is 15.6 Å². The first-order valence-electron chi connectivity index (χ1n) is 5.17. The van der Waals surface area contributed by atoms with Crippen LogP contribution < -0.4 is 4.90 Å². The molecule has 0 aliphatic heterocycles. The van der Waals surface area contributed by atoms with Crippen LogP contribution in [0.4, 0.5) is 5.69 Å². The molecule has 0 fully saturated rings. The Balaban J connectivity index is 2.76. The van der Waals surface area contributed by atoms with E-state index in [0.717, 1.165) is 22.3 Å². The fraction of sp³-hybridized carbons (Fsp3) is 0.250. The molecule has 1 aromatic carbocycles. The topological polar surface area (TPSA) is 88.1 Å². The number of thiocyanates is 1. The number of carbonyl (C=O) groups is 1. The Morgan fingerprint density at radius 3 is 2.50 bits per heavy atom. The minimum atomic E-state index is -0.894. The van der Waals surface area contributed by atoms with Crippen molar-refractivity contribution in [3.8, 4) is 11.5 Å². The highest BCUT2D eigenvalue weighted by molar-refractivity contribution is 8.03.